The van der Waals surface area contributed by atoms with E-state index in [1.165, 1.54) is 6.07 Å². The normalized spacial score (nSPS) is 26.4. The molecule has 1 atom stereocenters. The molecule has 1 saturated carbocycles. The number of rotatable bonds is 2. The van der Waals surface area contributed by atoms with Crippen molar-refractivity contribution in [1.29, 1.82) is 0 Å². The van der Waals surface area contributed by atoms with Gasteiger partial charge in [0, 0.05) is 32.1 Å². The van der Waals surface area contributed by atoms with Crippen LogP contribution in [0.25, 0.3) is 0 Å². The lowest BCUT2D eigenvalue weighted by Gasteiger charge is -2.37. The number of halogens is 1. The molecule has 2 saturated heterocycles. The molecule has 2 heterocycles. The number of amides is 1. The predicted molar refractivity (Wildman–Crippen MR) is 87.8 cm³/mol. The van der Waals surface area contributed by atoms with Crippen LogP contribution >= 0.6 is 0 Å². The highest BCUT2D eigenvalue weighted by Gasteiger charge is 2.58. The highest BCUT2D eigenvalue weighted by Crippen LogP contribution is 2.59. The first-order valence-corrected chi connectivity index (χ1v) is 8.69. The van der Waals surface area contributed by atoms with Gasteiger partial charge in [0.1, 0.15) is 5.82 Å². The van der Waals surface area contributed by atoms with E-state index in [4.69, 9.17) is 0 Å². The van der Waals surface area contributed by atoms with Crippen molar-refractivity contribution in [3.05, 3.63) is 30.1 Å². The van der Waals surface area contributed by atoms with Gasteiger partial charge in [-0.3, -0.25) is 4.79 Å². The number of para-hydroxylation sites is 1. The Balaban J connectivity index is 1.35. The number of carbonyl (C=O) groups excluding carboxylic acids is 1. The fraction of sp³-hybridized carbons (Fsp3) is 0.611. The number of anilines is 1. The predicted octanol–water partition coefficient (Wildman–Crippen LogP) is 1.86. The SMILES string of the molecule is O=C(C1CC12CCNCC2)N1CCN(c2ccccc2F)CC1. The van der Waals surface area contributed by atoms with Crippen molar-refractivity contribution in [2.75, 3.05) is 44.2 Å². The van der Waals surface area contributed by atoms with Crippen LogP contribution in [0.5, 0.6) is 0 Å². The van der Waals surface area contributed by atoms with Gasteiger partial charge in [-0.15, -0.1) is 0 Å². The van der Waals surface area contributed by atoms with Gasteiger partial charge in [0.15, 0.2) is 0 Å². The second kappa shape index (κ2) is 5.78. The van der Waals surface area contributed by atoms with E-state index >= 15 is 0 Å². The number of carbonyl (C=O) groups is 1. The lowest BCUT2D eigenvalue weighted by Crippen LogP contribution is -2.50. The van der Waals surface area contributed by atoms with Gasteiger partial charge in [-0.1, -0.05) is 12.1 Å². The summed E-state index contributed by atoms with van der Waals surface area (Å²) in [6.45, 7) is 4.94. The second-order valence-electron chi connectivity index (χ2n) is 7.13. The van der Waals surface area contributed by atoms with Gasteiger partial charge >= 0.3 is 0 Å². The third-order valence-corrected chi connectivity index (χ3v) is 5.87. The highest BCUT2D eigenvalue weighted by atomic mass is 19.1. The molecule has 1 N–H and O–H groups in total. The minimum atomic E-state index is -0.178. The van der Waals surface area contributed by atoms with Crippen LogP contribution in [-0.2, 0) is 4.79 Å². The van der Waals surface area contributed by atoms with Gasteiger partial charge in [0.2, 0.25) is 5.91 Å². The number of nitrogens with zero attached hydrogens (tertiary/aromatic N) is 2. The number of hydrogen-bond acceptors (Lipinski definition) is 3. The lowest BCUT2D eigenvalue weighted by atomic mass is 9.91. The summed E-state index contributed by atoms with van der Waals surface area (Å²) in [5.41, 5.74) is 0.950. The Hall–Kier alpha value is -1.62. The number of benzene rings is 1. The molecule has 23 heavy (non-hydrogen) atoms. The molecule has 124 valence electrons. The number of piperazine rings is 1. The molecule has 0 radical (unpaired) electrons. The first kappa shape index (κ1) is 14.9. The standard InChI is InChI=1S/C18H24FN3O/c19-15-3-1-2-4-16(15)21-9-11-22(12-10-21)17(23)14-13-18(14)5-7-20-8-6-18/h1-4,14,20H,5-13H2. The quantitative estimate of drug-likeness (QED) is 0.904. The van der Waals surface area contributed by atoms with Crippen LogP contribution in [-0.4, -0.2) is 50.1 Å². The van der Waals surface area contributed by atoms with E-state index < -0.39 is 0 Å². The van der Waals surface area contributed by atoms with Crippen LogP contribution in [0.2, 0.25) is 0 Å². The fourth-order valence-electron chi connectivity index (χ4n) is 4.27. The zero-order chi connectivity index (χ0) is 15.9. The van der Waals surface area contributed by atoms with Gasteiger partial charge in [-0.25, -0.2) is 4.39 Å². The molecule has 0 bridgehead atoms. The first-order valence-electron chi connectivity index (χ1n) is 8.69. The minimum Gasteiger partial charge on any atom is -0.366 e. The van der Waals surface area contributed by atoms with E-state index in [2.05, 4.69) is 5.32 Å². The van der Waals surface area contributed by atoms with Crippen LogP contribution in [0.4, 0.5) is 10.1 Å². The van der Waals surface area contributed by atoms with Crippen molar-refractivity contribution in [1.82, 2.24) is 10.2 Å². The molecule has 3 aliphatic rings. The van der Waals surface area contributed by atoms with E-state index in [0.717, 1.165) is 32.4 Å². The average molecular weight is 317 g/mol. The molecule has 2 aliphatic heterocycles. The molecule has 5 heteroatoms. The third kappa shape index (κ3) is 2.71. The molecule has 1 amide bonds. The van der Waals surface area contributed by atoms with Crippen molar-refractivity contribution in [2.45, 2.75) is 19.3 Å². The maximum Gasteiger partial charge on any atom is 0.226 e. The summed E-state index contributed by atoms with van der Waals surface area (Å²) in [6, 6.07) is 6.89. The topological polar surface area (TPSA) is 35.6 Å². The van der Waals surface area contributed by atoms with Crippen molar-refractivity contribution >= 4 is 11.6 Å². The fourth-order valence-corrected chi connectivity index (χ4v) is 4.27. The molecular weight excluding hydrogens is 293 g/mol. The summed E-state index contributed by atoms with van der Waals surface area (Å²) in [6.07, 6.45) is 3.35. The van der Waals surface area contributed by atoms with E-state index in [9.17, 15) is 9.18 Å². The van der Waals surface area contributed by atoms with Crippen molar-refractivity contribution in [3.8, 4) is 0 Å². The van der Waals surface area contributed by atoms with Crippen molar-refractivity contribution < 1.29 is 9.18 Å². The minimum absolute atomic E-state index is 0.178. The lowest BCUT2D eigenvalue weighted by molar-refractivity contribution is -0.133. The maximum absolute atomic E-state index is 13.9. The van der Waals surface area contributed by atoms with E-state index in [-0.39, 0.29) is 11.7 Å². The molecule has 1 aromatic rings. The summed E-state index contributed by atoms with van der Waals surface area (Å²) in [5.74, 6) is 0.396. The Morgan fingerprint density at radius 3 is 2.52 bits per heavy atom. The molecule has 4 rings (SSSR count). The van der Waals surface area contributed by atoms with Crippen LogP contribution in [0.3, 0.4) is 0 Å². The molecule has 1 spiro atoms. The molecular formula is C18H24FN3O. The third-order valence-electron chi connectivity index (χ3n) is 5.87. The van der Waals surface area contributed by atoms with Gasteiger partial charge in [0.25, 0.3) is 0 Å². The Bertz CT molecular complexity index is 592. The van der Waals surface area contributed by atoms with Gasteiger partial charge in [-0.2, -0.15) is 0 Å². The zero-order valence-electron chi connectivity index (χ0n) is 13.4. The molecule has 4 nitrogen and oxygen atoms in total. The van der Waals surface area contributed by atoms with Crippen LogP contribution in [0.15, 0.2) is 24.3 Å². The molecule has 3 fully saturated rings. The van der Waals surface area contributed by atoms with Gasteiger partial charge < -0.3 is 15.1 Å². The largest absolute Gasteiger partial charge is 0.366 e. The summed E-state index contributed by atoms with van der Waals surface area (Å²) >= 11 is 0. The number of hydrogen-bond donors (Lipinski definition) is 1. The summed E-state index contributed by atoms with van der Waals surface area (Å²) in [5, 5.41) is 3.38. The maximum atomic E-state index is 13.9. The summed E-state index contributed by atoms with van der Waals surface area (Å²) < 4.78 is 13.9. The number of piperidine rings is 1. The van der Waals surface area contributed by atoms with E-state index in [1.54, 1.807) is 6.07 Å². The van der Waals surface area contributed by atoms with Crippen molar-refractivity contribution in [3.63, 3.8) is 0 Å². The Morgan fingerprint density at radius 1 is 1.13 bits per heavy atom. The highest BCUT2D eigenvalue weighted by molar-refractivity contribution is 5.83. The monoisotopic (exact) mass is 317 g/mol. The molecule has 1 unspecified atom stereocenters. The Labute approximate surface area is 136 Å². The molecule has 0 aromatic heterocycles. The van der Waals surface area contributed by atoms with Crippen LogP contribution < -0.4 is 10.2 Å². The van der Waals surface area contributed by atoms with Crippen molar-refractivity contribution in [2.24, 2.45) is 11.3 Å². The Morgan fingerprint density at radius 2 is 1.83 bits per heavy atom. The van der Waals surface area contributed by atoms with Gasteiger partial charge in [0.05, 0.1) is 5.69 Å². The second-order valence-corrected chi connectivity index (χ2v) is 7.13. The van der Waals surface area contributed by atoms with Gasteiger partial charge in [-0.05, 0) is 49.9 Å². The average Bonchev–Trinajstić information content (AvgIpc) is 3.28. The van der Waals surface area contributed by atoms with E-state index in [0.29, 0.717) is 43.2 Å². The van der Waals surface area contributed by atoms with E-state index in [1.807, 2.05) is 21.9 Å². The first-order chi connectivity index (χ1) is 11.2. The number of nitrogens with one attached hydrogen (secondary N) is 1. The molecule has 1 aliphatic carbocycles. The van der Waals surface area contributed by atoms with Crippen LogP contribution in [0.1, 0.15) is 19.3 Å². The Kier molecular flexibility index (Phi) is 3.76. The summed E-state index contributed by atoms with van der Waals surface area (Å²) in [7, 11) is 0. The smallest absolute Gasteiger partial charge is 0.226 e. The zero-order valence-corrected chi connectivity index (χ0v) is 13.4. The molecule has 1 aromatic carbocycles. The summed E-state index contributed by atoms with van der Waals surface area (Å²) in [4.78, 5) is 16.8. The van der Waals surface area contributed by atoms with Crippen LogP contribution in [0, 0.1) is 17.2 Å².